The molecule has 0 aromatic heterocycles. The Morgan fingerprint density at radius 3 is 2.81 bits per heavy atom. The number of hydrogen-bond acceptors (Lipinski definition) is 3. The van der Waals surface area contributed by atoms with Gasteiger partial charge in [-0.1, -0.05) is 0 Å². The average molecular weight is 287 g/mol. The van der Waals surface area contributed by atoms with Crippen molar-refractivity contribution < 1.29 is 9.90 Å². The fourth-order valence-electron chi connectivity index (χ4n) is 1.22. The third kappa shape index (κ3) is 2.74. The summed E-state index contributed by atoms with van der Waals surface area (Å²) in [6, 6.07) is 4.85. The van der Waals surface area contributed by atoms with E-state index in [-0.39, 0.29) is 18.6 Å². The first-order valence-corrected chi connectivity index (χ1v) is 5.69. The summed E-state index contributed by atoms with van der Waals surface area (Å²) in [5.74, 6) is -0.166. The van der Waals surface area contributed by atoms with Crippen molar-refractivity contribution in [3.05, 3.63) is 28.2 Å². The maximum Gasteiger partial charge on any atom is 0.255 e. The SMILES string of the molecule is CC(CO)N(C)C(=O)c1cc(N)ccc1Br. The van der Waals surface area contributed by atoms with Crippen molar-refractivity contribution in [1.29, 1.82) is 0 Å². The second-order valence-electron chi connectivity index (χ2n) is 3.69. The number of likely N-dealkylation sites (N-methyl/N-ethyl adjacent to an activating group) is 1. The fourth-order valence-corrected chi connectivity index (χ4v) is 1.64. The van der Waals surface area contributed by atoms with E-state index in [1.165, 1.54) is 4.90 Å². The van der Waals surface area contributed by atoms with Crippen molar-refractivity contribution in [2.24, 2.45) is 0 Å². The van der Waals surface area contributed by atoms with Crippen LogP contribution < -0.4 is 5.73 Å². The van der Waals surface area contributed by atoms with Crippen LogP contribution in [0.25, 0.3) is 0 Å². The molecule has 0 bridgehead atoms. The highest BCUT2D eigenvalue weighted by molar-refractivity contribution is 9.10. The van der Waals surface area contributed by atoms with Crippen LogP contribution in [0, 0.1) is 0 Å². The number of nitrogens with two attached hydrogens (primary N) is 1. The molecule has 1 unspecified atom stereocenters. The number of aliphatic hydroxyl groups is 1. The lowest BCUT2D eigenvalue weighted by Crippen LogP contribution is -2.37. The van der Waals surface area contributed by atoms with Crippen LogP contribution in [0.2, 0.25) is 0 Å². The number of aliphatic hydroxyl groups excluding tert-OH is 1. The smallest absolute Gasteiger partial charge is 0.255 e. The first-order chi connectivity index (χ1) is 7.47. The van der Waals surface area contributed by atoms with Gasteiger partial charge in [0, 0.05) is 17.2 Å². The molecule has 88 valence electrons. The standard InChI is InChI=1S/C11H15BrN2O2/c1-7(6-15)14(2)11(16)9-5-8(13)3-4-10(9)12/h3-5,7,15H,6,13H2,1-2H3. The summed E-state index contributed by atoms with van der Waals surface area (Å²) in [6.07, 6.45) is 0. The van der Waals surface area contributed by atoms with Crippen molar-refractivity contribution in [2.45, 2.75) is 13.0 Å². The van der Waals surface area contributed by atoms with Gasteiger partial charge in [0.2, 0.25) is 0 Å². The van der Waals surface area contributed by atoms with Crippen LogP contribution in [-0.2, 0) is 0 Å². The number of amides is 1. The molecule has 5 heteroatoms. The van der Waals surface area contributed by atoms with E-state index < -0.39 is 0 Å². The highest BCUT2D eigenvalue weighted by Gasteiger charge is 2.19. The third-order valence-corrected chi connectivity index (χ3v) is 3.16. The molecular weight excluding hydrogens is 272 g/mol. The minimum Gasteiger partial charge on any atom is -0.399 e. The Bertz CT molecular complexity index is 396. The summed E-state index contributed by atoms with van der Waals surface area (Å²) in [4.78, 5) is 13.5. The number of carbonyl (C=O) groups excluding carboxylic acids is 1. The Hall–Kier alpha value is -1.07. The molecule has 0 aliphatic heterocycles. The van der Waals surface area contributed by atoms with Gasteiger partial charge in [-0.2, -0.15) is 0 Å². The van der Waals surface area contributed by atoms with Crippen molar-refractivity contribution in [1.82, 2.24) is 4.90 Å². The van der Waals surface area contributed by atoms with Crippen molar-refractivity contribution in [3.8, 4) is 0 Å². The summed E-state index contributed by atoms with van der Waals surface area (Å²) in [5.41, 5.74) is 6.67. The van der Waals surface area contributed by atoms with Crippen molar-refractivity contribution >= 4 is 27.5 Å². The lowest BCUT2D eigenvalue weighted by molar-refractivity contribution is 0.0681. The number of anilines is 1. The van der Waals surface area contributed by atoms with E-state index in [4.69, 9.17) is 10.8 Å². The van der Waals surface area contributed by atoms with Gasteiger partial charge >= 0.3 is 0 Å². The molecule has 1 atom stereocenters. The number of benzene rings is 1. The number of rotatable bonds is 3. The molecule has 0 radical (unpaired) electrons. The highest BCUT2D eigenvalue weighted by Crippen LogP contribution is 2.21. The van der Waals surface area contributed by atoms with Gasteiger partial charge in [0.25, 0.3) is 5.91 Å². The van der Waals surface area contributed by atoms with Crippen molar-refractivity contribution in [3.63, 3.8) is 0 Å². The maximum absolute atomic E-state index is 12.0. The van der Waals surface area contributed by atoms with E-state index in [9.17, 15) is 4.79 Å². The largest absolute Gasteiger partial charge is 0.399 e. The molecule has 0 saturated heterocycles. The predicted octanol–water partition coefficient (Wildman–Crippen LogP) is 1.48. The van der Waals surface area contributed by atoms with Gasteiger partial charge in [-0.05, 0) is 41.1 Å². The van der Waals surface area contributed by atoms with Crippen LogP contribution in [0.15, 0.2) is 22.7 Å². The minimum absolute atomic E-state index is 0.0673. The Labute approximate surface area is 103 Å². The zero-order chi connectivity index (χ0) is 12.3. The molecule has 16 heavy (non-hydrogen) atoms. The average Bonchev–Trinajstić information content (AvgIpc) is 2.29. The quantitative estimate of drug-likeness (QED) is 0.828. The van der Waals surface area contributed by atoms with Gasteiger partial charge < -0.3 is 15.7 Å². The van der Waals surface area contributed by atoms with Gasteiger partial charge in [-0.25, -0.2) is 0 Å². The maximum atomic E-state index is 12.0. The second-order valence-corrected chi connectivity index (χ2v) is 4.54. The zero-order valence-corrected chi connectivity index (χ0v) is 10.9. The Morgan fingerprint density at radius 2 is 2.25 bits per heavy atom. The van der Waals surface area contributed by atoms with Crippen LogP contribution in [0.5, 0.6) is 0 Å². The summed E-state index contributed by atoms with van der Waals surface area (Å²) in [6.45, 7) is 1.71. The normalized spacial score (nSPS) is 12.2. The molecular formula is C11H15BrN2O2. The monoisotopic (exact) mass is 286 g/mol. The summed E-state index contributed by atoms with van der Waals surface area (Å²) >= 11 is 3.30. The molecule has 1 amide bonds. The predicted molar refractivity (Wildman–Crippen MR) is 67.2 cm³/mol. The molecule has 4 nitrogen and oxygen atoms in total. The number of halogens is 1. The lowest BCUT2D eigenvalue weighted by Gasteiger charge is -2.23. The number of nitrogen functional groups attached to an aromatic ring is 1. The lowest BCUT2D eigenvalue weighted by atomic mass is 10.1. The molecule has 0 aliphatic carbocycles. The van der Waals surface area contributed by atoms with E-state index in [1.807, 2.05) is 0 Å². The molecule has 0 aliphatic rings. The molecule has 0 saturated carbocycles. The summed E-state index contributed by atoms with van der Waals surface area (Å²) in [5, 5.41) is 8.99. The van der Waals surface area contributed by atoms with Gasteiger partial charge in [0.1, 0.15) is 0 Å². The Balaban J connectivity index is 3.00. The van der Waals surface area contributed by atoms with Crippen LogP contribution in [0.1, 0.15) is 17.3 Å². The van der Waals surface area contributed by atoms with Gasteiger partial charge in [0.05, 0.1) is 18.2 Å². The van der Waals surface area contributed by atoms with E-state index in [1.54, 1.807) is 32.2 Å². The third-order valence-electron chi connectivity index (χ3n) is 2.47. The van der Waals surface area contributed by atoms with Gasteiger partial charge in [-0.3, -0.25) is 4.79 Å². The highest BCUT2D eigenvalue weighted by atomic mass is 79.9. The van der Waals surface area contributed by atoms with E-state index in [2.05, 4.69) is 15.9 Å². The topological polar surface area (TPSA) is 66.6 Å². The van der Waals surface area contributed by atoms with E-state index >= 15 is 0 Å². The van der Waals surface area contributed by atoms with Crippen molar-refractivity contribution in [2.75, 3.05) is 19.4 Å². The molecule has 0 fully saturated rings. The molecule has 0 spiro atoms. The van der Waals surface area contributed by atoms with Gasteiger partial charge in [-0.15, -0.1) is 0 Å². The molecule has 0 heterocycles. The minimum atomic E-state index is -0.221. The number of hydrogen-bond donors (Lipinski definition) is 2. The van der Waals surface area contributed by atoms with Gasteiger partial charge in [0.15, 0.2) is 0 Å². The first kappa shape index (κ1) is 13.0. The zero-order valence-electron chi connectivity index (χ0n) is 9.27. The number of nitrogens with zero attached hydrogens (tertiary/aromatic N) is 1. The second kappa shape index (κ2) is 5.32. The molecule has 1 aromatic carbocycles. The molecule has 1 aromatic rings. The Morgan fingerprint density at radius 1 is 1.62 bits per heavy atom. The van der Waals surface area contributed by atoms with Crippen LogP contribution in [0.3, 0.4) is 0 Å². The van der Waals surface area contributed by atoms with E-state index in [0.717, 1.165) is 0 Å². The summed E-state index contributed by atoms with van der Waals surface area (Å²) in [7, 11) is 1.65. The Kier molecular flexibility index (Phi) is 4.32. The summed E-state index contributed by atoms with van der Waals surface area (Å²) < 4.78 is 0.698. The van der Waals surface area contributed by atoms with Crippen LogP contribution in [-0.4, -0.2) is 35.6 Å². The van der Waals surface area contributed by atoms with E-state index in [0.29, 0.717) is 15.7 Å². The fraction of sp³-hybridized carbons (Fsp3) is 0.364. The van der Waals surface area contributed by atoms with Crippen LogP contribution >= 0.6 is 15.9 Å². The van der Waals surface area contributed by atoms with Crippen LogP contribution in [0.4, 0.5) is 5.69 Å². The first-order valence-electron chi connectivity index (χ1n) is 4.90. The molecule has 1 rings (SSSR count). The number of carbonyl (C=O) groups is 1. The molecule has 3 N–H and O–H groups in total.